The molecule has 1 atom stereocenters. The predicted octanol–water partition coefficient (Wildman–Crippen LogP) is 2.77. The van der Waals surface area contributed by atoms with Gasteiger partial charge >= 0.3 is 0 Å². The molecule has 0 bridgehead atoms. The largest absolute Gasteiger partial charge is 0.487 e. The van der Waals surface area contributed by atoms with Crippen molar-refractivity contribution < 1.29 is 4.74 Å². The molecule has 4 nitrogen and oxygen atoms in total. The number of benzene rings is 1. The molecule has 0 saturated carbocycles. The highest BCUT2D eigenvalue weighted by Crippen LogP contribution is 2.37. The summed E-state index contributed by atoms with van der Waals surface area (Å²) < 4.78 is 6.15. The fourth-order valence-corrected chi connectivity index (χ4v) is 3.66. The second kappa shape index (κ2) is 5.13. The maximum Gasteiger partial charge on any atom is 0.127 e. The van der Waals surface area contributed by atoms with E-state index in [4.69, 9.17) is 4.74 Å². The van der Waals surface area contributed by atoms with E-state index in [0.29, 0.717) is 6.04 Å². The van der Waals surface area contributed by atoms with E-state index in [9.17, 15) is 0 Å². The predicted molar refractivity (Wildman–Crippen MR) is 86.1 cm³/mol. The van der Waals surface area contributed by atoms with Gasteiger partial charge in [-0.25, -0.2) is 0 Å². The Balaban J connectivity index is 1.45. The van der Waals surface area contributed by atoms with Gasteiger partial charge in [0.05, 0.1) is 6.20 Å². The number of ether oxygens (including phenoxy) is 1. The summed E-state index contributed by atoms with van der Waals surface area (Å²) in [6, 6.07) is 7.04. The summed E-state index contributed by atoms with van der Waals surface area (Å²) in [5.74, 6) is 1.10. The molecule has 1 aromatic heterocycles. The van der Waals surface area contributed by atoms with Gasteiger partial charge < -0.3 is 10.1 Å². The Bertz CT molecular complexity index is 689. The first kappa shape index (κ1) is 13.8. The quantitative estimate of drug-likeness (QED) is 0.916. The number of fused-ring (bicyclic) bond motifs is 2. The van der Waals surface area contributed by atoms with Gasteiger partial charge in [-0.15, -0.1) is 0 Å². The van der Waals surface area contributed by atoms with Crippen LogP contribution in [-0.2, 0) is 25.8 Å². The monoisotopic (exact) mass is 297 g/mol. The molecule has 0 spiro atoms. The van der Waals surface area contributed by atoms with Crippen LogP contribution in [0.5, 0.6) is 5.75 Å². The molecule has 0 saturated heterocycles. The van der Waals surface area contributed by atoms with Gasteiger partial charge in [0.2, 0.25) is 0 Å². The van der Waals surface area contributed by atoms with E-state index in [0.717, 1.165) is 38.0 Å². The van der Waals surface area contributed by atoms with Crippen LogP contribution < -0.4 is 10.1 Å². The van der Waals surface area contributed by atoms with Gasteiger partial charge in [0.1, 0.15) is 11.4 Å². The first-order valence-electron chi connectivity index (χ1n) is 8.15. The minimum atomic E-state index is -0.0744. The Kier molecular flexibility index (Phi) is 3.22. The molecule has 2 N–H and O–H groups in total. The molecule has 1 aliphatic heterocycles. The lowest BCUT2D eigenvalue weighted by molar-refractivity contribution is 0.137. The lowest BCUT2D eigenvalue weighted by atomic mass is 9.93. The van der Waals surface area contributed by atoms with Crippen LogP contribution >= 0.6 is 0 Å². The van der Waals surface area contributed by atoms with Crippen molar-refractivity contribution in [2.24, 2.45) is 0 Å². The van der Waals surface area contributed by atoms with Crippen molar-refractivity contribution in [2.75, 3.05) is 0 Å². The van der Waals surface area contributed by atoms with E-state index in [1.807, 2.05) is 6.20 Å². The van der Waals surface area contributed by atoms with Crippen molar-refractivity contribution >= 4 is 0 Å². The van der Waals surface area contributed by atoms with E-state index < -0.39 is 0 Å². The number of aryl methyl sites for hydroxylation is 1. The van der Waals surface area contributed by atoms with E-state index in [-0.39, 0.29) is 5.60 Å². The SMILES string of the molecule is CC1(C)Cc2cccc(CNC3CCc4[nH]ncc4C3)c2O1. The van der Waals surface area contributed by atoms with Crippen LogP contribution in [0, 0.1) is 0 Å². The Morgan fingerprint density at radius 3 is 3.18 bits per heavy atom. The van der Waals surface area contributed by atoms with Crippen molar-refractivity contribution in [3.63, 3.8) is 0 Å². The lowest BCUT2D eigenvalue weighted by Crippen LogP contribution is -2.34. The molecule has 22 heavy (non-hydrogen) atoms. The second-order valence-corrected chi connectivity index (χ2v) is 7.14. The van der Waals surface area contributed by atoms with Gasteiger partial charge in [-0.05, 0) is 44.2 Å². The fraction of sp³-hybridized carbons (Fsp3) is 0.500. The van der Waals surface area contributed by atoms with Crippen molar-refractivity contribution in [2.45, 2.75) is 57.7 Å². The Labute approximate surface area is 131 Å². The minimum absolute atomic E-state index is 0.0744. The zero-order valence-electron chi connectivity index (χ0n) is 13.3. The van der Waals surface area contributed by atoms with Gasteiger partial charge in [0, 0.05) is 30.3 Å². The average Bonchev–Trinajstić information content (AvgIpc) is 3.06. The van der Waals surface area contributed by atoms with Crippen LogP contribution in [0.2, 0.25) is 0 Å². The summed E-state index contributed by atoms with van der Waals surface area (Å²) in [5.41, 5.74) is 5.21. The van der Waals surface area contributed by atoms with Crippen LogP contribution in [0.1, 0.15) is 42.7 Å². The molecule has 0 fully saturated rings. The van der Waals surface area contributed by atoms with E-state index in [1.165, 1.54) is 22.4 Å². The standard InChI is InChI=1S/C18H23N3O/c1-18(2)9-12-4-3-5-13(17(12)22-18)10-19-15-6-7-16-14(8-15)11-20-21-16/h3-5,11,15,19H,6-10H2,1-2H3,(H,20,21). The van der Waals surface area contributed by atoms with Crippen LogP contribution in [0.15, 0.2) is 24.4 Å². The Hall–Kier alpha value is -1.81. The lowest BCUT2D eigenvalue weighted by Gasteiger charge is -2.24. The summed E-state index contributed by atoms with van der Waals surface area (Å²) in [7, 11) is 0. The number of hydrogen-bond acceptors (Lipinski definition) is 3. The third-order valence-electron chi connectivity index (χ3n) is 4.77. The second-order valence-electron chi connectivity index (χ2n) is 7.14. The van der Waals surface area contributed by atoms with E-state index in [1.54, 1.807) is 0 Å². The maximum absolute atomic E-state index is 6.15. The van der Waals surface area contributed by atoms with E-state index >= 15 is 0 Å². The van der Waals surface area contributed by atoms with Gasteiger partial charge in [-0.1, -0.05) is 18.2 Å². The summed E-state index contributed by atoms with van der Waals surface area (Å²) >= 11 is 0. The summed E-state index contributed by atoms with van der Waals surface area (Å²) in [6.45, 7) is 5.19. The van der Waals surface area contributed by atoms with Gasteiger partial charge in [0.25, 0.3) is 0 Å². The fourth-order valence-electron chi connectivity index (χ4n) is 3.66. The number of nitrogens with one attached hydrogen (secondary N) is 2. The highest BCUT2D eigenvalue weighted by Gasteiger charge is 2.31. The van der Waals surface area contributed by atoms with E-state index in [2.05, 4.69) is 47.6 Å². The highest BCUT2D eigenvalue weighted by atomic mass is 16.5. The normalized spacial score (nSPS) is 22.0. The van der Waals surface area contributed by atoms with Crippen LogP contribution in [-0.4, -0.2) is 21.8 Å². The Morgan fingerprint density at radius 2 is 2.27 bits per heavy atom. The topological polar surface area (TPSA) is 49.9 Å². The number of rotatable bonds is 3. The maximum atomic E-state index is 6.15. The van der Waals surface area contributed by atoms with Crippen LogP contribution in [0.4, 0.5) is 0 Å². The first-order valence-corrected chi connectivity index (χ1v) is 8.15. The molecular formula is C18H23N3O. The number of aromatic amines is 1. The molecule has 2 aliphatic rings. The minimum Gasteiger partial charge on any atom is -0.487 e. The third-order valence-corrected chi connectivity index (χ3v) is 4.77. The van der Waals surface area contributed by atoms with Gasteiger partial charge in [-0.2, -0.15) is 5.10 Å². The molecule has 2 heterocycles. The van der Waals surface area contributed by atoms with Gasteiger partial charge in [0.15, 0.2) is 0 Å². The molecular weight excluding hydrogens is 274 g/mol. The molecule has 4 heteroatoms. The van der Waals surface area contributed by atoms with Crippen molar-refractivity contribution in [3.05, 3.63) is 46.8 Å². The van der Waals surface area contributed by atoms with Crippen molar-refractivity contribution in [3.8, 4) is 5.75 Å². The number of para-hydroxylation sites is 1. The number of H-pyrrole nitrogens is 1. The zero-order valence-corrected chi connectivity index (χ0v) is 13.3. The zero-order chi connectivity index (χ0) is 15.2. The summed E-state index contributed by atoms with van der Waals surface area (Å²) in [4.78, 5) is 0. The summed E-state index contributed by atoms with van der Waals surface area (Å²) in [6.07, 6.45) is 6.28. The smallest absolute Gasteiger partial charge is 0.127 e. The van der Waals surface area contributed by atoms with Crippen LogP contribution in [0.25, 0.3) is 0 Å². The Morgan fingerprint density at radius 1 is 1.36 bits per heavy atom. The average molecular weight is 297 g/mol. The molecule has 1 aliphatic carbocycles. The highest BCUT2D eigenvalue weighted by molar-refractivity contribution is 5.45. The third kappa shape index (κ3) is 2.52. The molecule has 1 aromatic carbocycles. The first-order chi connectivity index (χ1) is 10.6. The molecule has 0 radical (unpaired) electrons. The number of aromatic nitrogens is 2. The van der Waals surface area contributed by atoms with Crippen LogP contribution in [0.3, 0.4) is 0 Å². The van der Waals surface area contributed by atoms with Gasteiger partial charge in [-0.3, -0.25) is 5.10 Å². The molecule has 116 valence electrons. The number of hydrogen-bond donors (Lipinski definition) is 2. The van der Waals surface area contributed by atoms with Crippen molar-refractivity contribution in [1.29, 1.82) is 0 Å². The molecule has 0 amide bonds. The molecule has 2 aromatic rings. The molecule has 1 unspecified atom stereocenters. The summed E-state index contributed by atoms with van der Waals surface area (Å²) in [5, 5.41) is 10.9. The van der Waals surface area contributed by atoms with Crippen molar-refractivity contribution in [1.82, 2.24) is 15.5 Å². The molecule has 4 rings (SSSR count). The number of nitrogens with zero attached hydrogens (tertiary/aromatic N) is 1.